The Morgan fingerprint density at radius 3 is 2.51 bits per heavy atom. The van der Waals surface area contributed by atoms with Gasteiger partial charge in [0.05, 0.1) is 29.7 Å². The number of nitrogens with one attached hydrogen (secondary N) is 2. The number of aliphatic hydroxyl groups excluding tert-OH is 2. The van der Waals surface area contributed by atoms with E-state index < -0.39 is 11.9 Å². The molecule has 3 rings (SSSR count). The maximum absolute atomic E-state index is 14.3. The van der Waals surface area contributed by atoms with Gasteiger partial charge in [-0.1, -0.05) is 55.2 Å². The summed E-state index contributed by atoms with van der Waals surface area (Å²) in [5.74, 6) is -1.12. The summed E-state index contributed by atoms with van der Waals surface area (Å²) >= 11 is 11.3. The van der Waals surface area contributed by atoms with Gasteiger partial charge in [0, 0.05) is 30.1 Å². The molecule has 39 heavy (non-hydrogen) atoms. The Morgan fingerprint density at radius 1 is 1.28 bits per heavy atom. The first-order valence-corrected chi connectivity index (χ1v) is 13.4. The molecule has 1 amide bonds. The van der Waals surface area contributed by atoms with Crippen molar-refractivity contribution in [3.05, 3.63) is 69.7 Å². The van der Waals surface area contributed by atoms with Crippen LogP contribution in [0.5, 0.6) is 0 Å². The highest BCUT2D eigenvalue weighted by atomic mass is 35.5. The Labute approximate surface area is 239 Å². The summed E-state index contributed by atoms with van der Waals surface area (Å²) in [6.45, 7) is 5.69. The molecule has 11 heteroatoms. The van der Waals surface area contributed by atoms with Gasteiger partial charge in [-0.2, -0.15) is 5.26 Å². The lowest BCUT2D eigenvalue weighted by atomic mass is 9.77. The summed E-state index contributed by atoms with van der Waals surface area (Å²) in [5, 5.41) is 32.8. The molecular weight excluding hydrogens is 549 g/mol. The van der Waals surface area contributed by atoms with Gasteiger partial charge in [-0.15, -0.1) is 0 Å². The fraction of sp³-hybridized carbons (Fsp3) is 0.500. The predicted molar refractivity (Wildman–Crippen MR) is 150 cm³/mol. The largest absolute Gasteiger partial charge is 0.394 e. The van der Waals surface area contributed by atoms with Crippen molar-refractivity contribution in [1.82, 2.24) is 10.6 Å². The second-order valence-electron chi connectivity index (χ2n) is 9.96. The van der Waals surface area contributed by atoms with Crippen molar-refractivity contribution in [2.75, 3.05) is 26.2 Å². The minimum atomic E-state index is -0.711. The molecule has 1 heterocycles. The van der Waals surface area contributed by atoms with Crippen molar-refractivity contribution in [2.24, 2.45) is 17.1 Å². The molecule has 1 fully saturated rings. The minimum Gasteiger partial charge on any atom is -0.394 e. The van der Waals surface area contributed by atoms with Crippen LogP contribution in [0.3, 0.4) is 0 Å². The fourth-order valence-corrected chi connectivity index (χ4v) is 4.61. The van der Waals surface area contributed by atoms with Crippen LogP contribution in [-0.2, 0) is 4.79 Å². The summed E-state index contributed by atoms with van der Waals surface area (Å²) in [4.78, 5) is 9.62. The molecule has 0 aromatic heterocycles. The lowest BCUT2D eigenvalue weighted by Crippen LogP contribution is -2.33. The first-order valence-electron chi connectivity index (χ1n) is 12.6. The van der Waals surface area contributed by atoms with Crippen molar-refractivity contribution < 1.29 is 23.8 Å². The van der Waals surface area contributed by atoms with Crippen molar-refractivity contribution in [3.8, 4) is 6.07 Å². The van der Waals surface area contributed by atoms with E-state index in [1.807, 2.05) is 0 Å². The van der Waals surface area contributed by atoms with E-state index in [1.165, 1.54) is 18.2 Å². The number of rotatable bonds is 10. The maximum Gasteiger partial charge on any atom is 0.207 e. The molecule has 7 nitrogen and oxygen atoms in total. The van der Waals surface area contributed by atoms with Gasteiger partial charge < -0.3 is 26.6 Å². The smallest absolute Gasteiger partial charge is 0.207 e. The second kappa shape index (κ2) is 18.1. The normalized spacial score (nSPS) is 19.0. The lowest BCUT2D eigenvalue weighted by molar-refractivity contribution is -0.109. The number of hydrogen-bond donors (Lipinski definition) is 5. The zero-order valence-corrected chi connectivity index (χ0v) is 23.7. The molecule has 0 saturated carbocycles. The standard InChI is InChI=1S/C17H23ClFN3.C6H4ClF.C5H11NO3/c1-17(2,6-7-20)8-15-12(9-21)13(10-22-15)11-4-3-5-14(18)16(11)19;7-5-2-1-3-6(8)4-5;7-3-5(9)1-2-6-4-8/h3-5,12-13,15,22H,6-8,10,20H2,1-2H3;1-4H;4-5,7,9H,1-3H2,(H,6,8). The van der Waals surface area contributed by atoms with Crippen molar-refractivity contribution in [1.29, 1.82) is 5.26 Å². The molecule has 4 unspecified atom stereocenters. The Hall–Kier alpha value is -2.32. The Morgan fingerprint density at radius 2 is 1.97 bits per heavy atom. The first kappa shape index (κ1) is 34.7. The number of hydrogen-bond acceptors (Lipinski definition) is 6. The van der Waals surface area contributed by atoms with E-state index in [-0.39, 0.29) is 40.7 Å². The van der Waals surface area contributed by atoms with E-state index in [9.17, 15) is 18.8 Å². The molecule has 2 aromatic rings. The van der Waals surface area contributed by atoms with Gasteiger partial charge in [-0.3, -0.25) is 4.79 Å². The Balaban J connectivity index is 0.000000366. The van der Waals surface area contributed by atoms with Gasteiger partial charge in [0.25, 0.3) is 0 Å². The summed E-state index contributed by atoms with van der Waals surface area (Å²) < 4.78 is 26.3. The van der Waals surface area contributed by atoms with Crippen molar-refractivity contribution in [3.63, 3.8) is 0 Å². The summed E-state index contributed by atoms with van der Waals surface area (Å²) in [6, 6.07) is 13.2. The SMILES string of the molecule is CC(C)(CCN)CC1NCC(c2cccc(Cl)c2F)C1C#N.Fc1cccc(Cl)c1.O=CNCCC(O)CO. The average Bonchev–Trinajstić information content (AvgIpc) is 3.27. The van der Waals surface area contributed by atoms with Gasteiger partial charge in [-0.05, 0) is 61.1 Å². The molecule has 1 aliphatic heterocycles. The van der Waals surface area contributed by atoms with Gasteiger partial charge in [-0.25, -0.2) is 8.78 Å². The van der Waals surface area contributed by atoms with Crippen LogP contribution in [0.4, 0.5) is 8.78 Å². The maximum atomic E-state index is 14.3. The van der Waals surface area contributed by atoms with E-state index >= 15 is 0 Å². The van der Waals surface area contributed by atoms with E-state index in [0.717, 1.165) is 12.8 Å². The van der Waals surface area contributed by atoms with Gasteiger partial charge in [0.2, 0.25) is 6.41 Å². The highest BCUT2D eigenvalue weighted by Crippen LogP contribution is 2.39. The third kappa shape index (κ3) is 12.6. The van der Waals surface area contributed by atoms with Crippen molar-refractivity contribution in [2.45, 2.75) is 51.2 Å². The molecular formula is C28H38Cl2F2N4O3. The summed E-state index contributed by atoms with van der Waals surface area (Å²) in [5.41, 5.74) is 6.25. The third-order valence-corrected chi connectivity index (χ3v) is 6.82. The fourth-order valence-electron chi connectivity index (χ4n) is 4.25. The molecule has 0 bridgehead atoms. The lowest BCUT2D eigenvalue weighted by Gasteiger charge is -2.29. The molecule has 6 N–H and O–H groups in total. The number of nitrogens with zero attached hydrogens (tertiary/aromatic N) is 1. The predicted octanol–water partition coefficient (Wildman–Crippen LogP) is 4.39. The molecule has 1 aliphatic rings. The number of amides is 1. The van der Waals surface area contributed by atoms with Crippen LogP contribution in [0.2, 0.25) is 10.0 Å². The van der Waals surface area contributed by atoms with Crippen LogP contribution in [0, 0.1) is 34.3 Å². The van der Waals surface area contributed by atoms with Gasteiger partial charge in [0.1, 0.15) is 11.6 Å². The number of halogens is 4. The summed E-state index contributed by atoms with van der Waals surface area (Å²) in [6.07, 6.45) is 2.00. The number of carbonyl (C=O) groups excluding carboxylic acids is 1. The topological polar surface area (TPSA) is 131 Å². The summed E-state index contributed by atoms with van der Waals surface area (Å²) in [7, 11) is 0. The molecule has 4 atom stereocenters. The van der Waals surface area contributed by atoms with Crippen LogP contribution in [0.15, 0.2) is 42.5 Å². The molecule has 0 aliphatic carbocycles. The van der Waals surface area contributed by atoms with Gasteiger partial charge >= 0.3 is 0 Å². The molecule has 0 spiro atoms. The Bertz CT molecular complexity index is 1040. The van der Waals surface area contributed by atoms with Crippen molar-refractivity contribution >= 4 is 29.6 Å². The number of benzene rings is 2. The zero-order valence-electron chi connectivity index (χ0n) is 22.2. The molecule has 1 saturated heterocycles. The number of nitrogens with two attached hydrogens (primary N) is 1. The Kier molecular flexibility index (Phi) is 16.1. The van der Waals surface area contributed by atoms with E-state index in [4.69, 9.17) is 39.1 Å². The van der Waals surface area contributed by atoms with E-state index in [1.54, 1.807) is 24.3 Å². The van der Waals surface area contributed by atoms with Crippen LogP contribution in [-0.4, -0.2) is 55.0 Å². The zero-order chi connectivity index (χ0) is 29.4. The molecule has 0 radical (unpaired) electrons. The van der Waals surface area contributed by atoms with Crippen LogP contribution in [0.25, 0.3) is 0 Å². The highest BCUT2D eigenvalue weighted by molar-refractivity contribution is 6.31. The van der Waals surface area contributed by atoms with Gasteiger partial charge in [0.15, 0.2) is 0 Å². The van der Waals surface area contributed by atoms with Crippen LogP contribution < -0.4 is 16.4 Å². The number of carbonyl (C=O) groups is 1. The van der Waals surface area contributed by atoms with E-state index in [2.05, 4.69) is 30.6 Å². The molecule has 2 aromatic carbocycles. The highest BCUT2D eigenvalue weighted by Gasteiger charge is 2.40. The third-order valence-electron chi connectivity index (χ3n) is 6.29. The molecule has 216 valence electrons. The number of nitriles is 1. The first-order chi connectivity index (χ1) is 18.5. The monoisotopic (exact) mass is 586 g/mol. The van der Waals surface area contributed by atoms with Crippen LogP contribution in [0.1, 0.15) is 44.6 Å². The average molecular weight is 588 g/mol. The minimum absolute atomic E-state index is 0.0509. The number of aliphatic hydroxyl groups is 2. The van der Waals surface area contributed by atoms with E-state index in [0.29, 0.717) is 43.1 Å². The second-order valence-corrected chi connectivity index (χ2v) is 10.8. The quantitative estimate of drug-likeness (QED) is 0.207. The van der Waals surface area contributed by atoms with Crippen LogP contribution >= 0.6 is 23.2 Å².